The van der Waals surface area contributed by atoms with Gasteiger partial charge >= 0.3 is 0 Å². The summed E-state index contributed by atoms with van der Waals surface area (Å²) in [5.41, 5.74) is 0. The number of carbonyl (C=O) groups is 1. The second kappa shape index (κ2) is 6.65. The number of hydrogen-bond acceptors (Lipinski definition) is 4. The van der Waals surface area contributed by atoms with E-state index >= 15 is 0 Å². The molecule has 106 valence electrons. The average Bonchev–Trinajstić information content (AvgIpc) is 3.14. The van der Waals surface area contributed by atoms with Crippen molar-refractivity contribution in [2.75, 3.05) is 13.2 Å². The number of aliphatic hydroxyl groups excluding tert-OH is 1. The number of nitrogens with one attached hydrogen (secondary N) is 2. The van der Waals surface area contributed by atoms with Crippen LogP contribution in [0.2, 0.25) is 0 Å². The van der Waals surface area contributed by atoms with Crippen LogP contribution in [0, 0.1) is 5.92 Å². The summed E-state index contributed by atoms with van der Waals surface area (Å²) in [4.78, 5) is 16.1. The first-order chi connectivity index (χ1) is 9.24. The van der Waals surface area contributed by atoms with Gasteiger partial charge in [-0.25, -0.2) is 4.98 Å². The smallest absolute Gasteiger partial charge is 0.290 e. The van der Waals surface area contributed by atoms with Crippen LogP contribution < -0.4 is 5.32 Å². The van der Waals surface area contributed by atoms with E-state index in [9.17, 15) is 4.79 Å². The third-order valence-electron chi connectivity index (χ3n) is 3.46. The van der Waals surface area contributed by atoms with Crippen molar-refractivity contribution in [3.63, 3.8) is 0 Å². The fourth-order valence-electron chi connectivity index (χ4n) is 2.17. The summed E-state index contributed by atoms with van der Waals surface area (Å²) in [5, 5.41) is 18.6. The Bertz CT molecular complexity index is 409. The zero-order chi connectivity index (χ0) is 13.7. The van der Waals surface area contributed by atoms with Crippen LogP contribution in [0.15, 0.2) is 0 Å². The summed E-state index contributed by atoms with van der Waals surface area (Å²) in [6.45, 7) is 2.83. The van der Waals surface area contributed by atoms with Crippen LogP contribution in [0.5, 0.6) is 0 Å². The maximum Gasteiger partial charge on any atom is 0.290 e. The molecular weight excluding hydrogens is 244 g/mol. The average molecular weight is 266 g/mol. The van der Waals surface area contributed by atoms with Crippen molar-refractivity contribution < 1.29 is 9.90 Å². The van der Waals surface area contributed by atoms with E-state index in [-0.39, 0.29) is 18.3 Å². The van der Waals surface area contributed by atoms with Gasteiger partial charge in [-0.3, -0.25) is 9.89 Å². The minimum atomic E-state index is -0.234. The van der Waals surface area contributed by atoms with Gasteiger partial charge in [0, 0.05) is 19.1 Å². The van der Waals surface area contributed by atoms with Crippen molar-refractivity contribution in [2.45, 2.75) is 44.9 Å². The molecule has 1 atom stereocenters. The quantitative estimate of drug-likeness (QED) is 0.659. The van der Waals surface area contributed by atoms with Gasteiger partial charge in [-0.2, -0.15) is 0 Å². The number of carbonyl (C=O) groups excluding carboxylic acids is 1. The lowest BCUT2D eigenvalue weighted by Gasteiger charge is -2.14. The molecule has 6 nitrogen and oxygen atoms in total. The highest BCUT2D eigenvalue weighted by Gasteiger charge is 2.28. The zero-order valence-corrected chi connectivity index (χ0v) is 11.4. The molecule has 0 bridgehead atoms. The van der Waals surface area contributed by atoms with Crippen LogP contribution in [0.4, 0.5) is 0 Å². The normalized spacial score (nSPS) is 16.3. The van der Waals surface area contributed by atoms with Gasteiger partial charge in [-0.1, -0.05) is 13.3 Å². The van der Waals surface area contributed by atoms with Gasteiger partial charge in [0.05, 0.1) is 0 Å². The summed E-state index contributed by atoms with van der Waals surface area (Å²) in [6, 6.07) is 0. The molecule has 1 aliphatic carbocycles. The maximum absolute atomic E-state index is 11.9. The molecule has 19 heavy (non-hydrogen) atoms. The van der Waals surface area contributed by atoms with Gasteiger partial charge in [0.15, 0.2) is 0 Å². The van der Waals surface area contributed by atoms with Crippen molar-refractivity contribution in [3.8, 4) is 0 Å². The molecule has 0 radical (unpaired) electrons. The molecule has 1 amide bonds. The zero-order valence-electron chi connectivity index (χ0n) is 11.4. The number of rotatable bonds is 8. The lowest BCUT2D eigenvalue weighted by atomic mass is 10.0. The highest BCUT2D eigenvalue weighted by atomic mass is 16.3. The van der Waals surface area contributed by atoms with Gasteiger partial charge in [0.2, 0.25) is 5.82 Å². The Morgan fingerprint density at radius 1 is 1.53 bits per heavy atom. The minimum Gasteiger partial charge on any atom is -0.396 e. The monoisotopic (exact) mass is 266 g/mol. The van der Waals surface area contributed by atoms with Gasteiger partial charge in [0.1, 0.15) is 5.82 Å². The molecule has 0 aliphatic heterocycles. The van der Waals surface area contributed by atoms with E-state index in [1.807, 2.05) is 0 Å². The Labute approximate surface area is 113 Å². The molecule has 0 saturated heterocycles. The van der Waals surface area contributed by atoms with Crippen LogP contribution in [-0.4, -0.2) is 39.3 Å². The van der Waals surface area contributed by atoms with E-state index < -0.39 is 0 Å². The van der Waals surface area contributed by atoms with Crippen molar-refractivity contribution in [3.05, 3.63) is 11.6 Å². The number of aromatic nitrogens is 3. The van der Waals surface area contributed by atoms with Crippen molar-refractivity contribution in [1.29, 1.82) is 0 Å². The predicted octanol–water partition coefficient (Wildman–Crippen LogP) is 1.21. The second-order valence-electron chi connectivity index (χ2n) is 5.20. The first-order valence-electron chi connectivity index (χ1n) is 7.06. The summed E-state index contributed by atoms with van der Waals surface area (Å²) in [5.74, 6) is 1.60. The molecule has 1 unspecified atom stereocenters. The van der Waals surface area contributed by atoms with Crippen molar-refractivity contribution in [1.82, 2.24) is 20.5 Å². The summed E-state index contributed by atoms with van der Waals surface area (Å²) in [6.07, 6.45) is 5.03. The molecule has 1 aromatic heterocycles. The second-order valence-corrected chi connectivity index (χ2v) is 5.20. The van der Waals surface area contributed by atoms with Crippen LogP contribution in [0.3, 0.4) is 0 Å². The van der Waals surface area contributed by atoms with Crippen LogP contribution in [0.1, 0.15) is 61.4 Å². The van der Waals surface area contributed by atoms with Gasteiger partial charge in [-0.15, -0.1) is 5.10 Å². The highest BCUT2D eigenvalue weighted by molar-refractivity contribution is 5.90. The van der Waals surface area contributed by atoms with Gasteiger partial charge < -0.3 is 10.4 Å². The van der Waals surface area contributed by atoms with E-state index in [2.05, 4.69) is 27.4 Å². The van der Waals surface area contributed by atoms with E-state index in [1.54, 1.807) is 0 Å². The third-order valence-corrected chi connectivity index (χ3v) is 3.46. The summed E-state index contributed by atoms with van der Waals surface area (Å²) >= 11 is 0. The van der Waals surface area contributed by atoms with Crippen LogP contribution in [-0.2, 0) is 0 Å². The number of H-pyrrole nitrogens is 1. The fraction of sp³-hybridized carbons (Fsp3) is 0.769. The largest absolute Gasteiger partial charge is 0.396 e. The van der Waals surface area contributed by atoms with Crippen LogP contribution >= 0.6 is 0 Å². The van der Waals surface area contributed by atoms with Crippen molar-refractivity contribution >= 4 is 5.91 Å². The topological polar surface area (TPSA) is 90.9 Å². The molecule has 1 aromatic rings. The van der Waals surface area contributed by atoms with E-state index in [0.29, 0.717) is 18.4 Å². The van der Waals surface area contributed by atoms with Gasteiger partial charge in [-0.05, 0) is 31.6 Å². The molecule has 0 spiro atoms. The third kappa shape index (κ3) is 4.02. The molecule has 2 rings (SSSR count). The van der Waals surface area contributed by atoms with Crippen LogP contribution in [0.25, 0.3) is 0 Å². The molecule has 1 saturated carbocycles. The fourth-order valence-corrected chi connectivity index (χ4v) is 2.17. The molecule has 6 heteroatoms. The Balaban J connectivity index is 1.81. The number of hydrogen-bond donors (Lipinski definition) is 3. The number of aliphatic hydroxyl groups is 1. The minimum absolute atomic E-state index is 0.160. The number of aromatic amines is 1. The number of nitrogens with zero attached hydrogens (tertiary/aromatic N) is 2. The van der Waals surface area contributed by atoms with Crippen molar-refractivity contribution in [2.24, 2.45) is 5.92 Å². The maximum atomic E-state index is 11.9. The molecule has 1 heterocycles. The highest BCUT2D eigenvalue weighted by Crippen LogP contribution is 2.37. The lowest BCUT2D eigenvalue weighted by Crippen LogP contribution is -2.30. The summed E-state index contributed by atoms with van der Waals surface area (Å²) in [7, 11) is 0. The first kappa shape index (κ1) is 14.0. The van der Waals surface area contributed by atoms with E-state index in [1.165, 1.54) is 0 Å². The molecule has 0 aromatic carbocycles. The molecule has 1 fully saturated rings. The van der Waals surface area contributed by atoms with Gasteiger partial charge in [0.25, 0.3) is 5.91 Å². The Hall–Kier alpha value is -1.43. The predicted molar refractivity (Wildman–Crippen MR) is 70.8 cm³/mol. The standard InChI is InChI=1S/C13H22N4O2/c1-2-3-9(6-7-18)8-14-13(19)12-15-11(16-17-12)10-4-5-10/h9-10,18H,2-8H2,1H3,(H,14,19)(H,15,16,17). The Kier molecular flexibility index (Phi) is 4.90. The van der Waals surface area contributed by atoms with E-state index in [0.717, 1.165) is 37.9 Å². The Morgan fingerprint density at radius 3 is 2.95 bits per heavy atom. The molecule has 1 aliphatic rings. The summed E-state index contributed by atoms with van der Waals surface area (Å²) < 4.78 is 0. The molecular formula is C13H22N4O2. The SMILES string of the molecule is CCCC(CCO)CNC(=O)c1n[nH]c(C2CC2)n1. The molecule has 3 N–H and O–H groups in total. The lowest BCUT2D eigenvalue weighted by molar-refractivity contribution is 0.0933. The first-order valence-corrected chi connectivity index (χ1v) is 7.06. The Morgan fingerprint density at radius 2 is 2.32 bits per heavy atom. The van der Waals surface area contributed by atoms with E-state index in [4.69, 9.17) is 5.11 Å². The number of amides is 1.